The van der Waals surface area contributed by atoms with Gasteiger partial charge in [-0.25, -0.2) is 4.39 Å². The van der Waals surface area contributed by atoms with Crippen LogP contribution in [-0.2, 0) is 0 Å². The van der Waals surface area contributed by atoms with E-state index in [-0.39, 0.29) is 5.82 Å². The Morgan fingerprint density at radius 3 is 2.89 bits per heavy atom. The first-order chi connectivity index (χ1) is 8.60. The number of hydrogen-bond acceptors (Lipinski definition) is 3. The van der Waals surface area contributed by atoms with Crippen LogP contribution in [0.4, 0.5) is 10.1 Å². The summed E-state index contributed by atoms with van der Waals surface area (Å²) in [5.74, 6) is -0.356. The summed E-state index contributed by atoms with van der Waals surface area (Å²) < 4.78 is 13.4. The number of rotatable bonds is 3. The fraction of sp³-hybridized carbons (Fsp3) is 0.500. The van der Waals surface area contributed by atoms with Crippen LogP contribution in [0.2, 0.25) is 0 Å². The van der Waals surface area contributed by atoms with Crippen molar-refractivity contribution in [3.8, 4) is 0 Å². The van der Waals surface area contributed by atoms with E-state index in [9.17, 15) is 9.18 Å². The summed E-state index contributed by atoms with van der Waals surface area (Å²) in [5.41, 5.74) is 1.17. The number of carbonyl (C=O) groups is 1. The fourth-order valence-corrected chi connectivity index (χ4v) is 2.53. The number of anilines is 1. The molecule has 0 radical (unpaired) electrons. The van der Waals surface area contributed by atoms with Crippen molar-refractivity contribution < 1.29 is 9.18 Å². The summed E-state index contributed by atoms with van der Waals surface area (Å²) in [6, 6.07) is 4.87. The lowest BCUT2D eigenvalue weighted by Crippen LogP contribution is -2.45. The number of halogens is 1. The molecular formula is C14H19FN2O. The molecule has 1 aliphatic rings. The van der Waals surface area contributed by atoms with Crippen LogP contribution in [0.15, 0.2) is 18.2 Å². The van der Waals surface area contributed by atoms with Crippen LogP contribution in [0.5, 0.6) is 0 Å². The lowest BCUT2D eigenvalue weighted by molar-refractivity contribution is 0.112. The molecule has 1 heterocycles. The lowest BCUT2D eigenvalue weighted by atomic mass is 10.0. The summed E-state index contributed by atoms with van der Waals surface area (Å²) in [4.78, 5) is 15.1. The van der Waals surface area contributed by atoms with E-state index in [1.807, 2.05) is 7.05 Å². The Bertz CT molecular complexity index is 436. The van der Waals surface area contributed by atoms with E-state index in [0.29, 0.717) is 17.9 Å². The summed E-state index contributed by atoms with van der Waals surface area (Å²) >= 11 is 0. The Morgan fingerprint density at radius 1 is 1.44 bits per heavy atom. The minimum absolute atomic E-state index is 0.356. The van der Waals surface area contributed by atoms with E-state index in [1.54, 1.807) is 6.07 Å². The largest absolute Gasteiger partial charge is 0.370 e. The first-order valence-electron chi connectivity index (χ1n) is 6.27. The average Bonchev–Trinajstić information content (AvgIpc) is 2.37. The minimum Gasteiger partial charge on any atom is -0.370 e. The van der Waals surface area contributed by atoms with Crippen molar-refractivity contribution in [2.24, 2.45) is 0 Å². The highest BCUT2D eigenvalue weighted by atomic mass is 19.1. The second-order valence-electron chi connectivity index (χ2n) is 5.03. The highest BCUT2D eigenvalue weighted by Crippen LogP contribution is 2.22. The third-order valence-corrected chi connectivity index (χ3v) is 3.60. The summed E-state index contributed by atoms with van der Waals surface area (Å²) in [6.45, 7) is 2.09. The number of likely N-dealkylation sites (tertiary alicyclic amines) is 1. The molecule has 0 saturated carbocycles. The highest BCUT2D eigenvalue weighted by Gasteiger charge is 2.21. The summed E-state index contributed by atoms with van der Waals surface area (Å²) in [7, 11) is 4.07. The predicted molar refractivity (Wildman–Crippen MR) is 70.7 cm³/mol. The molecule has 1 aromatic rings. The van der Waals surface area contributed by atoms with Gasteiger partial charge in [-0.15, -0.1) is 0 Å². The van der Waals surface area contributed by atoms with E-state index in [1.165, 1.54) is 12.1 Å². The zero-order valence-electron chi connectivity index (χ0n) is 10.9. The maximum absolute atomic E-state index is 13.4. The zero-order chi connectivity index (χ0) is 13.1. The standard InChI is InChI=1S/C14H19FN2O/c1-16-5-3-4-13(9-16)17(2)14-7-11(10-18)6-12(15)8-14/h6-8,10,13H,3-5,9H2,1-2H3. The molecule has 4 heteroatoms. The molecule has 1 aliphatic heterocycles. The topological polar surface area (TPSA) is 23.6 Å². The van der Waals surface area contributed by atoms with Gasteiger partial charge in [-0.2, -0.15) is 0 Å². The summed E-state index contributed by atoms with van der Waals surface area (Å²) in [5, 5.41) is 0. The number of piperidine rings is 1. The summed E-state index contributed by atoms with van der Waals surface area (Å²) in [6.07, 6.45) is 2.95. The lowest BCUT2D eigenvalue weighted by Gasteiger charge is -2.37. The van der Waals surface area contributed by atoms with Crippen LogP contribution < -0.4 is 4.90 Å². The zero-order valence-corrected chi connectivity index (χ0v) is 10.9. The van der Waals surface area contributed by atoms with Crippen molar-refractivity contribution in [2.45, 2.75) is 18.9 Å². The fourth-order valence-electron chi connectivity index (χ4n) is 2.53. The van der Waals surface area contributed by atoms with Crippen molar-refractivity contribution in [1.82, 2.24) is 4.90 Å². The first-order valence-corrected chi connectivity index (χ1v) is 6.27. The Morgan fingerprint density at radius 2 is 2.22 bits per heavy atom. The molecule has 0 bridgehead atoms. The van der Waals surface area contributed by atoms with Crippen molar-refractivity contribution in [1.29, 1.82) is 0 Å². The SMILES string of the molecule is CN1CCCC(N(C)c2cc(F)cc(C=O)c2)C1. The predicted octanol–water partition coefficient (Wildman–Crippen LogP) is 2.17. The van der Waals surface area contributed by atoms with E-state index in [0.717, 1.165) is 31.6 Å². The smallest absolute Gasteiger partial charge is 0.150 e. The van der Waals surface area contributed by atoms with E-state index in [4.69, 9.17) is 0 Å². The molecule has 0 N–H and O–H groups in total. The molecule has 0 aliphatic carbocycles. The van der Waals surface area contributed by atoms with Gasteiger partial charge in [0.1, 0.15) is 12.1 Å². The van der Waals surface area contributed by atoms with Crippen molar-refractivity contribution in [3.63, 3.8) is 0 Å². The first kappa shape index (κ1) is 13.0. The van der Waals surface area contributed by atoms with Crippen molar-refractivity contribution in [2.75, 3.05) is 32.1 Å². The molecule has 1 atom stereocenters. The quantitative estimate of drug-likeness (QED) is 0.768. The molecule has 0 aromatic heterocycles. The Balaban J connectivity index is 2.19. The van der Waals surface area contributed by atoms with Gasteiger partial charge in [-0.3, -0.25) is 4.79 Å². The molecule has 1 saturated heterocycles. The van der Waals surface area contributed by atoms with Crippen LogP contribution in [-0.4, -0.2) is 44.4 Å². The number of benzene rings is 1. The van der Waals surface area contributed by atoms with Crippen LogP contribution in [0, 0.1) is 5.82 Å². The monoisotopic (exact) mass is 250 g/mol. The van der Waals surface area contributed by atoms with Gasteiger partial charge < -0.3 is 9.80 Å². The molecule has 18 heavy (non-hydrogen) atoms. The van der Waals surface area contributed by atoms with E-state index in [2.05, 4.69) is 16.8 Å². The van der Waals surface area contributed by atoms with Crippen LogP contribution in [0.1, 0.15) is 23.2 Å². The highest BCUT2D eigenvalue weighted by molar-refractivity contribution is 5.77. The van der Waals surface area contributed by atoms with E-state index < -0.39 is 0 Å². The average molecular weight is 250 g/mol. The maximum atomic E-state index is 13.4. The van der Waals surface area contributed by atoms with Gasteiger partial charge in [0.15, 0.2) is 0 Å². The number of aldehydes is 1. The maximum Gasteiger partial charge on any atom is 0.150 e. The Labute approximate surface area is 107 Å². The third-order valence-electron chi connectivity index (χ3n) is 3.60. The van der Waals surface area contributed by atoms with Gasteiger partial charge >= 0.3 is 0 Å². The Kier molecular flexibility index (Phi) is 3.97. The number of carbonyl (C=O) groups excluding carboxylic acids is 1. The molecule has 98 valence electrons. The molecule has 2 rings (SSSR count). The second kappa shape index (κ2) is 5.48. The third kappa shape index (κ3) is 2.88. The molecule has 0 amide bonds. The van der Waals surface area contributed by atoms with E-state index >= 15 is 0 Å². The van der Waals surface area contributed by atoms with Crippen molar-refractivity contribution >= 4 is 12.0 Å². The molecular weight excluding hydrogens is 231 g/mol. The van der Waals surface area contributed by atoms with Crippen LogP contribution in [0.25, 0.3) is 0 Å². The normalized spacial score (nSPS) is 20.7. The van der Waals surface area contributed by atoms with Gasteiger partial charge in [0.2, 0.25) is 0 Å². The van der Waals surface area contributed by atoms with Crippen LogP contribution in [0.3, 0.4) is 0 Å². The molecule has 1 fully saturated rings. The van der Waals surface area contributed by atoms with Gasteiger partial charge in [0.25, 0.3) is 0 Å². The number of hydrogen-bond donors (Lipinski definition) is 0. The van der Waals surface area contributed by atoms with Gasteiger partial charge in [-0.05, 0) is 44.6 Å². The van der Waals surface area contributed by atoms with Crippen LogP contribution >= 0.6 is 0 Å². The van der Waals surface area contributed by atoms with Gasteiger partial charge in [-0.1, -0.05) is 0 Å². The second-order valence-corrected chi connectivity index (χ2v) is 5.03. The molecule has 0 spiro atoms. The number of nitrogens with zero attached hydrogens (tertiary/aromatic N) is 2. The van der Waals surface area contributed by atoms with Gasteiger partial charge in [0, 0.05) is 30.9 Å². The molecule has 1 unspecified atom stereocenters. The molecule has 3 nitrogen and oxygen atoms in total. The Hall–Kier alpha value is -1.42. The van der Waals surface area contributed by atoms with Crippen molar-refractivity contribution in [3.05, 3.63) is 29.6 Å². The minimum atomic E-state index is -0.356. The van der Waals surface area contributed by atoms with Gasteiger partial charge in [0.05, 0.1) is 0 Å². The number of likely N-dealkylation sites (N-methyl/N-ethyl adjacent to an activating group) is 2. The molecule has 1 aromatic carbocycles.